The number of halogens is 1. The van der Waals surface area contributed by atoms with Gasteiger partial charge < -0.3 is 10.8 Å². The first kappa shape index (κ1) is 8.85. The van der Waals surface area contributed by atoms with Crippen LogP contribution >= 0.6 is 11.6 Å². The second-order valence-electron chi connectivity index (χ2n) is 2.31. The summed E-state index contributed by atoms with van der Waals surface area (Å²) in [6.07, 6.45) is 0. The zero-order chi connectivity index (χ0) is 9.14. The molecule has 1 aromatic rings. The molecule has 4 heteroatoms. The normalized spacial score (nSPS) is 12.1. The fourth-order valence-corrected chi connectivity index (χ4v) is 1.02. The van der Waals surface area contributed by atoms with Gasteiger partial charge in [0.15, 0.2) is 0 Å². The molecule has 3 N–H and O–H groups in total. The van der Waals surface area contributed by atoms with E-state index in [0.29, 0.717) is 10.6 Å². The third-order valence-electron chi connectivity index (χ3n) is 1.47. The van der Waals surface area contributed by atoms with E-state index < -0.39 is 6.04 Å². The highest BCUT2D eigenvalue weighted by molar-refractivity contribution is 6.30. The first-order valence-corrected chi connectivity index (χ1v) is 3.66. The standard InChI is InChI=1S/C8H7ClN2O/c9-5-1-2-6(7(11)4-10)8(12)3-5/h1-3,7,12H,11H2/t7-/m0/s1. The molecule has 1 rings (SSSR count). The second-order valence-corrected chi connectivity index (χ2v) is 2.75. The van der Waals surface area contributed by atoms with Crippen molar-refractivity contribution in [3.8, 4) is 11.8 Å². The Morgan fingerprint density at radius 1 is 1.58 bits per heavy atom. The maximum atomic E-state index is 9.28. The average Bonchev–Trinajstić information content (AvgIpc) is 2.03. The number of phenolic OH excluding ortho intramolecular Hbond substituents is 1. The third-order valence-corrected chi connectivity index (χ3v) is 1.70. The van der Waals surface area contributed by atoms with Gasteiger partial charge in [0.05, 0.1) is 6.07 Å². The van der Waals surface area contributed by atoms with Gasteiger partial charge in [0.2, 0.25) is 0 Å². The quantitative estimate of drug-likeness (QED) is 0.693. The van der Waals surface area contributed by atoms with E-state index >= 15 is 0 Å². The van der Waals surface area contributed by atoms with Crippen molar-refractivity contribution in [1.82, 2.24) is 0 Å². The smallest absolute Gasteiger partial charge is 0.122 e. The molecule has 0 saturated carbocycles. The highest BCUT2D eigenvalue weighted by Crippen LogP contribution is 2.25. The van der Waals surface area contributed by atoms with Gasteiger partial charge in [-0.15, -0.1) is 0 Å². The fraction of sp³-hybridized carbons (Fsp3) is 0.125. The molecule has 3 nitrogen and oxygen atoms in total. The van der Waals surface area contributed by atoms with E-state index in [9.17, 15) is 5.11 Å². The molecule has 0 saturated heterocycles. The van der Waals surface area contributed by atoms with Crippen LogP contribution in [-0.4, -0.2) is 5.11 Å². The molecular formula is C8H7ClN2O. The van der Waals surface area contributed by atoms with Gasteiger partial charge >= 0.3 is 0 Å². The number of aromatic hydroxyl groups is 1. The van der Waals surface area contributed by atoms with Crippen LogP contribution in [0.25, 0.3) is 0 Å². The molecule has 12 heavy (non-hydrogen) atoms. The molecule has 0 bridgehead atoms. The lowest BCUT2D eigenvalue weighted by Crippen LogP contribution is -2.06. The zero-order valence-electron chi connectivity index (χ0n) is 6.16. The van der Waals surface area contributed by atoms with E-state index in [2.05, 4.69) is 0 Å². The third kappa shape index (κ3) is 1.67. The zero-order valence-corrected chi connectivity index (χ0v) is 6.92. The van der Waals surface area contributed by atoms with E-state index in [1.165, 1.54) is 12.1 Å². The maximum Gasteiger partial charge on any atom is 0.122 e. The molecule has 0 fully saturated rings. The second kappa shape index (κ2) is 3.44. The number of nitrogens with zero attached hydrogens (tertiary/aromatic N) is 1. The molecular weight excluding hydrogens is 176 g/mol. The SMILES string of the molecule is N#C[C@H](N)c1ccc(Cl)cc1O. The predicted octanol–water partition coefficient (Wildman–Crippen LogP) is 1.57. The molecule has 0 radical (unpaired) electrons. The van der Waals surface area contributed by atoms with Crippen molar-refractivity contribution in [3.05, 3.63) is 28.8 Å². The first-order valence-electron chi connectivity index (χ1n) is 3.28. The minimum absolute atomic E-state index is 0.0449. The number of rotatable bonds is 1. The monoisotopic (exact) mass is 182 g/mol. The number of hydrogen-bond donors (Lipinski definition) is 2. The lowest BCUT2D eigenvalue weighted by Gasteiger charge is -2.05. The maximum absolute atomic E-state index is 9.28. The topological polar surface area (TPSA) is 70.0 Å². The molecule has 0 heterocycles. The Balaban J connectivity index is 3.11. The van der Waals surface area contributed by atoms with Gasteiger partial charge in [-0.2, -0.15) is 5.26 Å². The molecule has 1 aromatic carbocycles. The number of nitrogens with two attached hydrogens (primary N) is 1. The van der Waals surface area contributed by atoms with Gasteiger partial charge in [0.1, 0.15) is 11.8 Å². The highest BCUT2D eigenvalue weighted by Gasteiger charge is 2.09. The van der Waals surface area contributed by atoms with Crippen molar-refractivity contribution >= 4 is 11.6 Å². The van der Waals surface area contributed by atoms with Crippen LogP contribution in [0.1, 0.15) is 11.6 Å². The Bertz CT molecular complexity index is 332. The van der Waals surface area contributed by atoms with Crippen molar-refractivity contribution < 1.29 is 5.11 Å². The molecule has 0 unspecified atom stereocenters. The van der Waals surface area contributed by atoms with Crippen molar-refractivity contribution in [3.63, 3.8) is 0 Å². The van der Waals surface area contributed by atoms with Crippen LogP contribution in [0.5, 0.6) is 5.75 Å². The van der Waals surface area contributed by atoms with Crippen molar-refractivity contribution in [2.75, 3.05) is 0 Å². The van der Waals surface area contributed by atoms with Crippen molar-refractivity contribution in [2.24, 2.45) is 5.73 Å². The fourth-order valence-electron chi connectivity index (χ4n) is 0.849. The Morgan fingerprint density at radius 3 is 2.75 bits per heavy atom. The van der Waals surface area contributed by atoms with Crippen LogP contribution in [-0.2, 0) is 0 Å². The summed E-state index contributed by atoms with van der Waals surface area (Å²) in [5, 5.41) is 18.2. The van der Waals surface area contributed by atoms with Gasteiger partial charge in [0, 0.05) is 10.6 Å². The van der Waals surface area contributed by atoms with Crippen molar-refractivity contribution in [2.45, 2.75) is 6.04 Å². The van der Waals surface area contributed by atoms with Gasteiger partial charge in [-0.3, -0.25) is 0 Å². The van der Waals surface area contributed by atoms with Gasteiger partial charge in [-0.1, -0.05) is 17.7 Å². The summed E-state index contributed by atoms with van der Waals surface area (Å²) in [6.45, 7) is 0. The Hall–Kier alpha value is -1.24. The molecule has 0 aliphatic heterocycles. The largest absolute Gasteiger partial charge is 0.508 e. The van der Waals surface area contributed by atoms with E-state index in [1.54, 1.807) is 6.07 Å². The summed E-state index contributed by atoms with van der Waals surface area (Å²) in [6, 6.07) is 5.48. The Kier molecular flexibility index (Phi) is 2.54. The summed E-state index contributed by atoms with van der Waals surface area (Å²) in [4.78, 5) is 0. The Morgan fingerprint density at radius 2 is 2.25 bits per heavy atom. The van der Waals surface area contributed by atoms with Gasteiger partial charge in [-0.05, 0) is 12.1 Å². The molecule has 0 aliphatic rings. The molecule has 1 atom stereocenters. The minimum atomic E-state index is -0.803. The van der Waals surface area contributed by atoms with E-state index in [4.69, 9.17) is 22.6 Å². The molecule has 62 valence electrons. The van der Waals surface area contributed by atoms with Crippen LogP contribution in [0, 0.1) is 11.3 Å². The van der Waals surface area contributed by atoms with Crippen molar-refractivity contribution in [1.29, 1.82) is 5.26 Å². The summed E-state index contributed by atoms with van der Waals surface area (Å²) >= 11 is 5.58. The molecule has 0 aromatic heterocycles. The van der Waals surface area contributed by atoms with Gasteiger partial charge in [-0.25, -0.2) is 0 Å². The number of nitriles is 1. The number of phenols is 1. The van der Waals surface area contributed by atoms with E-state index in [0.717, 1.165) is 0 Å². The lowest BCUT2D eigenvalue weighted by molar-refractivity contribution is 0.466. The minimum Gasteiger partial charge on any atom is -0.508 e. The molecule has 0 aliphatic carbocycles. The Labute approximate surface area is 75.0 Å². The number of hydrogen-bond acceptors (Lipinski definition) is 3. The molecule has 0 spiro atoms. The van der Waals surface area contributed by atoms with E-state index in [-0.39, 0.29) is 5.75 Å². The first-order chi connectivity index (χ1) is 5.65. The summed E-state index contributed by atoms with van der Waals surface area (Å²) < 4.78 is 0. The lowest BCUT2D eigenvalue weighted by atomic mass is 10.1. The summed E-state index contributed by atoms with van der Waals surface area (Å²) in [7, 11) is 0. The van der Waals surface area contributed by atoms with Crippen LogP contribution in [0.2, 0.25) is 5.02 Å². The van der Waals surface area contributed by atoms with Crippen LogP contribution < -0.4 is 5.73 Å². The van der Waals surface area contributed by atoms with Crippen LogP contribution in [0.15, 0.2) is 18.2 Å². The molecule has 0 amide bonds. The van der Waals surface area contributed by atoms with Crippen LogP contribution in [0.3, 0.4) is 0 Å². The van der Waals surface area contributed by atoms with E-state index in [1.807, 2.05) is 6.07 Å². The predicted molar refractivity (Wildman–Crippen MR) is 45.7 cm³/mol. The highest BCUT2D eigenvalue weighted by atomic mass is 35.5. The average molecular weight is 183 g/mol. The summed E-state index contributed by atoms with van der Waals surface area (Å²) in [5.74, 6) is -0.0449. The van der Waals surface area contributed by atoms with Crippen LogP contribution in [0.4, 0.5) is 0 Å². The summed E-state index contributed by atoms with van der Waals surface area (Å²) in [5.41, 5.74) is 5.77. The van der Waals surface area contributed by atoms with Gasteiger partial charge in [0.25, 0.3) is 0 Å². The number of benzene rings is 1.